The van der Waals surface area contributed by atoms with Gasteiger partial charge in [-0.05, 0) is 38.4 Å². The van der Waals surface area contributed by atoms with E-state index in [1.165, 1.54) is 24.1 Å². The monoisotopic (exact) mass is 387 g/mol. The van der Waals surface area contributed by atoms with Crippen molar-refractivity contribution in [3.05, 3.63) is 46.7 Å². The van der Waals surface area contributed by atoms with Crippen LogP contribution in [0.2, 0.25) is 5.15 Å². The van der Waals surface area contributed by atoms with Gasteiger partial charge in [-0.15, -0.1) is 0 Å². The number of likely N-dealkylation sites (tertiary alicyclic amines) is 1. The average Bonchev–Trinajstić information content (AvgIpc) is 2.95. The fourth-order valence-electron chi connectivity index (χ4n) is 4.53. The van der Waals surface area contributed by atoms with E-state index >= 15 is 0 Å². The van der Waals surface area contributed by atoms with Gasteiger partial charge in [0.25, 0.3) is 0 Å². The molecule has 2 saturated heterocycles. The third kappa shape index (κ3) is 4.15. The lowest BCUT2D eigenvalue weighted by atomic mass is 10.0. The number of piperazine rings is 1. The van der Waals surface area contributed by atoms with E-state index in [1.807, 2.05) is 7.05 Å². The SMILES string of the molecule is Cc1nn(C)c(Cl)c1CN1CCC[C@H](N2CCN(c3ccccc3)CC2)C1. The number of anilines is 1. The summed E-state index contributed by atoms with van der Waals surface area (Å²) in [5, 5.41) is 5.25. The zero-order chi connectivity index (χ0) is 18.8. The number of rotatable bonds is 4. The van der Waals surface area contributed by atoms with Gasteiger partial charge in [0.15, 0.2) is 0 Å². The molecule has 1 aromatic heterocycles. The number of benzene rings is 1. The first-order valence-corrected chi connectivity index (χ1v) is 10.4. The number of nitrogens with zero attached hydrogens (tertiary/aromatic N) is 5. The molecule has 4 rings (SSSR count). The van der Waals surface area contributed by atoms with Gasteiger partial charge < -0.3 is 4.90 Å². The number of piperidine rings is 1. The molecule has 27 heavy (non-hydrogen) atoms. The molecule has 146 valence electrons. The van der Waals surface area contributed by atoms with Crippen LogP contribution in [0.15, 0.2) is 30.3 Å². The van der Waals surface area contributed by atoms with E-state index in [9.17, 15) is 0 Å². The van der Waals surface area contributed by atoms with Crippen LogP contribution in [-0.2, 0) is 13.6 Å². The molecule has 2 fully saturated rings. The van der Waals surface area contributed by atoms with E-state index in [0.717, 1.165) is 56.7 Å². The molecular weight excluding hydrogens is 358 g/mol. The van der Waals surface area contributed by atoms with E-state index in [0.29, 0.717) is 6.04 Å². The van der Waals surface area contributed by atoms with Crippen LogP contribution in [0.3, 0.4) is 0 Å². The van der Waals surface area contributed by atoms with Crippen LogP contribution in [0, 0.1) is 6.92 Å². The van der Waals surface area contributed by atoms with Crippen molar-refractivity contribution in [2.45, 2.75) is 32.4 Å². The van der Waals surface area contributed by atoms with Crippen LogP contribution in [0.5, 0.6) is 0 Å². The van der Waals surface area contributed by atoms with Gasteiger partial charge in [0.05, 0.1) is 5.69 Å². The van der Waals surface area contributed by atoms with Crippen molar-refractivity contribution in [1.29, 1.82) is 0 Å². The predicted molar refractivity (Wildman–Crippen MR) is 111 cm³/mol. The quantitative estimate of drug-likeness (QED) is 0.805. The third-order valence-electron chi connectivity index (χ3n) is 6.08. The standard InChI is InChI=1S/C21H30ClN5/c1-17-20(21(22)24(2)23-17)16-25-10-6-9-19(15-25)27-13-11-26(12-14-27)18-7-4-3-5-8-18/h3-5,7-8,19H,6,9-16H2,1-2H3/t19-/m0/s1. The molecule has 0 aliphatic carbocycles. The summed E-state index contributed by atoms with van der Waals surface area (Å²) in [7, 11) is 1.92. The Morgan fingerprint density at radius 3 is 2.48 bits per heavy atom. The van der Waals surface area contributed by atoms with Crippen molar-refractivity contribution in [3.8, 4) is 0 Å². The van der Waals surface area contributed by atoms with Crippen molar-refractivity contribution in [1.82, 2.24) is 19.6 Å². The Balaban J connectivity index is 1.34. The molecule has 0 amide bonds. The lowest BCUT2D eigenvalue weighted by molar-refractivity contribution is 0.0887. The zero-order valence-electron chi connectivity index (χ0n) is 16.4. The summed E-state index contributed by atoms with van der Waals surface area (Å²) >= 11 is 6.45. The van der Waals surface area contributed by atoms with Gasteiger partial charge in [-0.2, -0.15) is 5.10 Å². The lowest BCUT2D eigenvalue weighted by Gasteiger charge is -2.44. The highest BCUT2D eigenvalue weighted by Gasteiger charge is 2.29. The van der Waals surface area contributed by atoms with Crippen LogP contribution >= 0.6 is 11.6 Å². The molecule has 0 N–H and O–H groups in total. The summed E-state index contributed by atoms with van der Waals surface area (Å²) in [5.41, 5.74) is 3.60. The molecule has 0 saturated carbocycles. The van der Waals surface area contributed by atoms with Crippen LogP contribution in [0.4, 0.5) is 5.69 Å². The van der Waals surface area contributed by atoms with Gasteiger partial charge in [-0.1, -0.05) is 29.8 Å². The van der Waals surface area contributed by atoms with Crippen molar-refractivity contribution >= 4 is 17.3 Å². The number of hydrogen-bond donors (Lipinski definition) is 0. The molecule has 0 unspecified atom stereocenters. The largest absolute Gasteiger partial charge is 0.369 e. The molecular formula is C21H30ClN5. The molecule has 0 bridgehead atoms. The van der Waals surface area contributed by atoms with Gasteiger partial charge in [0.1, 0.15) is 5.15 Å². The van der Waals surface area contributed by atoms with Crippen LogP contribution in [0.1, 0.15) is 24.1 Å². The van der Waals surface area contributed by atoms with Gasteiger partial charge in [-0.3, -0.25) is 14.5 Å². The van der Waals surface area contributed by atoms with Crippen LogP contribution in [0.25, 0.3) is 0 Å². The lowest BCUT2D eigenvalue weighted by Crippen LogP contribution is -2.55. The Morgan fingerprint density at radius 2 is 1.81 bits per heavy atom. The second-order valence-electron chi connectivity index (χ2n) is 7.87. The molecule has 2 aromatic rings. The van der Waals surface area contributed by atoms with E-state index < -0.39 is 0 Å². The van der Waals surface area contributed by atoms with E-state index in [1.54, 1.807) is 4.68 Å². The van der Waals surface area contributed by atoms with Crippen LogP contribution < -0.4 is 4.90 Å². The zero-order valence-corrected chi connectivity index (χ0v) is 17.2. The number of para-hydroxylation sites is 1. The first-order chi connectivity index (χ1) is 13.1. The summed E-state index contributed by atoms with van der Waals surface area (Å²) < 4.78 is 1.79. The minimum atomic E-state index is 0.660. The maximum atomic E-state index is 6.45. The highest BCUT2D eigenvalue weighted by molar-refractivity contribution is 6.30. The first kappa shape index (κ1) is 18.8. The second-order valence-corrected chi connectivity index (χ2v) is 8.23. The molecule has 0 radical (unpaired) electrons. The summed E-state index contributed by atoms with van der Waals surface area (Å²) in [4.78, 5) is 7.77. The van der Waals surface area contributed by atoms with E-state index in [-0.39, 0.29) is 0 Å². The second kappa shape index (κ2) is 8.21. The molecule has 0 spiro atoms. The normalized spacial score (nSPS) is 22.3. The first-order valence-electron chi connectivity index (χ1n) is 10.1. The molecule has 6 heteroatoms. The van der Waals surface area contributed by atoms with Crippen molar-refractivity contribution < 1.29 is 0 Å². The van der Waals surface area contributed by atoms with E-state index in [4.69, 9.17) is 11.6 Å². The van der Waals surface area contributed by atoms with Crippen molar-refractivity contribution in [3.63, 3.8) is 0 Å². The Kier molecular flexibility index (Phi) is 5.71. The molecule has 1 atom stereocenters. The van der Waals surface area contributed by atoms with Gasteiger partial charge >= 0.3 is 0 Å². The Morgan fingerprint density at radius 1 is 1.07 bits per heavy atom. The molecule has 3 heterocycles. The topological polar surface area (TPSA) is 27.5 Å². The average molecular weight is 388 g/mol. The highest BCUT2D eigenvalue weighted by atomic mass is 35.5. The number of hydrogen-bond acceptors (Lipinski definition) is 4. The fourth-order valence-corrected chi connectivity index (χ4v) is 4.77. The Bertz CT molecular complexity index is 751. The number of aryl methyl sites for hydroxylation is 2. The molecule has 2 aliphatic rings. The Labute approximate surface area is 167 Å². The molecule has 1 aromatic carbocycles. The summed E-state index contributed by atoms with van der Waals surface area (Å²) in [6.07, 6.45) is 2.57. The maximum absolute atomic E-state index is 6.45. The van der Waals surface area contributed by atoms with Gasteiger partial charge in [-0.25, -0.2) is 0 Å². The summed E-state index contributed by atoms with van der Waals surface area (Å²) in [6, 6.07) is 11.5. The summed E-state index contributed by atoms with van der Waals surface area (Å²) in [6.45, 7) is 9.81. The van der Waals surface area contributed by atoms with Crippen molar-refractivity contribution in [2.75, 3.05) is 44.2 Å². The maximum Gasteiger partial charge on any atom is 0.131 e. The summed E-state index contributed by atoms with van der Waals surface area (Å²) in [5.74, 6) is 0. The predicted octanol–water partition coefficient (Wildman–Crippen LogP) is 3.17. The fraction of sp³-hybridized carbons (Fsp3) is 0.571. The van der Waals surface area contributed by atoms with Crippen molar-refractivity contribution in [2.24, 2.45) is 7.05 Å². The number of halogens is 1. The van der Waals surface area contributed by atoms with E-state index in [2.05, 4.69) is 57.1 Å². The smallest absolute Gasteiger partial charge is 0.131 e. The van der Waals surface area contributed by atoms with Gasteiger partial charge in [0, 0.05) is 63.6 Å². The van der Waals surface area contributed by atoms with Crippen LogP contribution in [-0.4, -0.2) is 64.9 Å². The highest BCUT2D eigenvalue weighted by Crippen LogP contribution is 2.25. The molecule has 5 nitrogen and oxygen atoms in total. The Hall–Kier alpha value is -1.56. The third-order valence-corrected chi connectivity index (χ3v) is 6.56. The molecule has 2 aliphatic heterocycles. The van der Waals surface area contributed by atoms with Gasteiger partial charge in [0.2, 0.25) is 0 Å². The number of aromatic nitrogens is 2. The minimum absolute atomic E-state index is 0.660. The minimum Gasteiger partial charge on any atom is -0.369 e.